The quantitative estimate of drug-likeness (QED) is 0.323. The lowest BCUT2D eigenvalue weighted by atomic mass is 9.96. The van der Waals surface area contributed by atoms with Gasteiger partial charge >= 0.3 is 0 Å². The topological polar surface area (TPSA) is 44.1 Å². The van der Waals surface area contributed by atoms with Crippen LogP contribution in [0.25, 0.3) is 10.2 Å². The van der Waals surface area contributed by atoms with E-state index in [1.165, 1.54) is 5.56 Å². The number of hydrogen-bond acceptors (Lipinski definition) is 5. The highest BCUT2D eigenvalue weighted by molar-refractivity contribution is 7.98. The summed E-state index contributed by atoms with van der Waals surface area (Å²) < 4.78 is 7.76. The summed E-state index contributed by atoms with van der Waals surface area (Å²) in [6, 6.07) is 10.3. The van der Waals surface area contributed by atoms with Gasteiger partial charge in [0, 0.05) is 23.6 Å². The van der Waals surface area contributed by atoms with E-state index >= 15 is 0 Å². The average molecular weight is 413 g/mol. The lowest BCUT2D eigenvalue weighted by molar-refractivity contribution is 0.00200. The Morgan fingerprint density at radius 3 is 2.89 bits per heavy atom. The average Bonchev–Trinajstić information content (AvgIpc) is 3.07. The van der Waals surface area contributed by atoms with Crippen LogP contribution in [-0.2, 0) is 30.1 Å². The molecule has 3 aromatic rings. The Kier molecular flexibility index (Phi) is 5.71. The minimum atomic E-state index is 0.0439. The molecule has 0 N–H and O–H groups in total. The lowest BCUT2D eigenvalue weighted by Gasteiger charge is -2.26. The van der Waals surface area contributed by atoms with Crippen molar-refractivity contribution < 1.29 is 4.74 Å². The van der Waals surface area contributed by atoms with Crippen LogP contribution < -0.4 is 5.56 Å². The van der Waals surface area contributed by atoms with Gasteiger partial charge in [0.15, 0.2) is 5.16 Å². The van der Waals surface area contributed by atoms with Crippen LogP contribution >= 0.6 is 23.1 Å². The van der Waals surface area contributed by atoms with Crippen LogP contribution in [0.5, 0.6) is 0 Å². The van der Waals surface area contributed by atoms with Crippen LogP contribution in [0.15, 0.2) is 52.9 Å². The van der Waals surface area contributed by atoms with Crippen molar-refractivity contribution in [3.8, 4) is 0 Å². The first-order valence-corrected chi connectivity index (χ1v) is 11.3. The summed E-state index contributed by atoms with van der Waals surface area (Å²) in [6.07, 6.45) is 2.71. The molecule has 4 nitrogen and oxygen atoms in total. The Morgan fingerprint density at radius 1 is 1.39 bits per heavy atom. The minimum Gasteiger partial charge on any atom is -0.372 e. The van der Waals surface area contributed by atoms with E-state index in [1.807, 2.05) is 18.2 Å². The molecule has 0 radical (unpaired) electrons. The van der Waals surface area contributed by atoms with E-state index in [0.717, 1.165) is 38.0 Å². The monoisotopic (exact) mass is 412 g/mol. The molecule has 4 rings (SSSR count). The van der Waals surface area contributed by atoms with Gasteiger partial charge in [0.2, 0.25) is 0 Å². The number of nitrogens with zero attached hydrogens (tertiary/aromatic N) is 2. The molecular formula is C22H24N2O2S2. The highest BCUT2D eigenvalue weighted by Gasteiger charge is 2.28. The second-order valence-corrected chi connectivity index (χ2v) is 9.38. The summed E-state index contributed by atoms with van der Waals surface area (Å²) in [6.45, 7) is 9.20. The van der Waals surface area contributed by atoms with Crippen LogP contribution in [0.2, 0.25) is 0 Å². The van der Waals surface area contributed by atoms with E-state index in [1.54, 1.807) is 33.7 Å². The number of thioether (sulfide) groups is 1. The second-order valence-electron chi connectivity index (χ2n) is 7.35. The molecular weight excluding hydrogens is 388 g/mol. The zero-order chi connectivity index (χ0) is 19.7. The number of benzene rings is 1. The van der Waals surface area contributed by atoms with Crippen molar-refractivity contribution in [2.45, 2.75) is 50.4 Å². The Morgan fingerprint density at radius 2 is 2.18 bits per heavy atom. The number of allylic oxidation sites excluding steroid dienone is 1. The molecule has 6 heteroatoms. The molecule has 0 saturated heterocycles. The van der Waals surface area contributed by atoms with Gasteiger partial charge in [-0.1, -0.05) is 62.0 Å². The maximum atomic E-state index is 13.4. The third-order valence-corrected chi connectivity index (χ3v) is 7.21. The maximum absolute atomic E-state index is 13.4. The predicted molar refractivity (Wildman–Crippen MR) is 117 cm³/mol. The molecule has 0 spiro atoms. The SMILES string of the molecule is C=CCn1c(SCc2ccccc2)nc2sc3c(c2c1=O)C[C@@H](C(C)C)OC3. The molecule has 1 aromatic carbocycles. The molecule has 1 aliphatic heterocycles. The first-order valence-electron chi connectivity index (χ1n) is 9.52. The number of fused-ring (bicyclic) bond motifs is 3. The van der Waals surface area contributed by atoms with Crippen molar-refractivity contribution in [2.75, 3.05) is 0 Å². The summed E-state index contributed by atoms with van der Waals surface area (Å²) in [5.41, 5.74) is 2.40. The van der Waals surface area contributed by atoms with Crippen LogP contribution in [0.1, 0.15) is 29.9 Å². The van der Waals surface area contributed by atoms with Crippen molar-refractivity contribution in [3.63, 3.8) is 0 Å². The zero-order valence-corrected chi connectivity index (χ0v) is 17.8. The second kappa shape index (κ2) is 8.23. The van der Waals surface area contributed by atoms with Gasteiger partial charge in [-0.05, 0) is 17.0 Å². The fourth-order valence-electron chi connectivity index (χ4n) is 3.49. The summed E-state index contributed by atoms with van der Waals surface area (Å²) in [5, 5.41) is 1.53. The van der Waals surface area contributed by atoms with Crippen molar-refractivity contribution in [2.24, 2.45) is 5.92 Å². The molecule has 146 valence electrons. The summed E-state index contributed by atoms with van der Waals surface area (Å²) in [4.78, 5) is 20.3. The van der Waals surface area contributed by atoms with Gasteiger partial charge in [-0.15, -0.1) is 17.9 Å². The van der Waals surface area contributed by atoms with Gasteiger partial charge in [-0.25, -0.2) is 4.98 Å². The molecule has 1 atom stereocenters. The van der Waals surface area contributed by atoms with Gasteiger partial charge in [-0.2, -0.15) is 0 Å². The first kappa shape index (κ1) is 19.4. The van der Waals surface area contributed by atoms with Gasteiger partial charge in [0.05, 0.1) is 18.1 Å². The zero-order valence-electron chi connectivity index (χ0n) is 16.2. The van der Waals surface area contributed by atoms with Crippen LogP contribution in [-0.4, -0.2) is 15.7 Å². The number of thiophene rings is 1. The summed E-state index contributed by atoms with van der Waals surface area (Å²) in [5.74, 6) is 1.20. The number of ether oxygens (including phenoxy) is 1. The van der Waals surface area contributed by atoms with Crippen molar-refractivity contribution in [1.82, 2.24) is 9.55 Å². The number of hydrogen-bond donors (Lipinski definition) is 0. The normalized spacial score (nSPS) is 16.5. The molecule has 1 aliphatic rings. The molecule has 0 fully saturated rings. The highest BCUT2D eigenvalue weighted by Crippen LogP contribution is 2.36. The van der Waals surface area contributed by atoms with Crippen molar-refractivity contribution >= 4 is 33.3 Å². The molecule has 28 heavy (non-hydrogen) atoms. The smallest absolute Gasteiger partial charge is 0.263 e. The number of aromatic nitrogens is 2. The fourth-order valence-corrected chi connectivity index (χ4v) is 5.62. The van der Waals surface area contributed by atoms with Crippen molar-refractivity contribution in [1.29, 1.82) is 0 Å². The van der Waals surface area contributed by atoms with E-state index in [9.17, 15) is 4.79 Å². The van der Waals surface area contributed by atoms with E-state index in [2.05, 4.69) is 32.6 Å². The van der Waals surface area contributed by atoms with Gasteiger partial charge in [0.1, 0.15) is 4.83 Å². The van der Waals surface area contributed by atoms with Crippen LogP contribution in [0.3, 0.4) is 0 Å². The van der Waals surface area contributed by atoms with E-state index in [0.29, 0.717) is 19.1 Å². The van der Waals surface area contributed by atoms with Crippen LogP contribution in [0.4, 0.5) is 0 Å². The molecule has 0 amide bonds. The van der Waals surface area contributed by atoms with Crippen molar-refractivity contribution in [3.05, 3.63) is 69.3 Å². The first-order chi connectivity index (χ1) is 13.6. The molecule has 2 aromatic heterocycles. The molecule has 0 saturated carbocycles. The summed E-state index contributed by atoms with van der Waals surface area (Å²) in [7, 11) is 0. The Balaban J connectivity index is 1.76. The Labute approximate surface area is 173 Å². The highest BCUT2D eigenvalue weighted by atomic mass is 32.2. The molecule has 3 heterocycles. The molecule has 0 aliphatic carbocycles. The Bertz CT molecular complexity index is 1050. The van der Waals surface area contributed by atoms with E-state index in [-0.39, 0.29) is 11.7 Å². The van der Waals surface area contributed by atoms with E-state index < -0.39 is 0 Å². The fraction of sp³-hybridized carbons (Fsp3) is 0.364. The minimum absolute atomic E-state index is 0.0439. The maximum Gasteiger partial charge on any atom is 0.263 e. The molecule has 0 unspecified atom stereocenters. The third-order valence-electron chi connectivity index (χ3n) is 5.06. The van der Waals surface area contributed by atoms with Gasteiger partial charge < -0.3 is 4.74 Å². The van der Waals surface area contributed by atoms with Gasteiger partial charge in [0.25, 0.3) is 5.56 Å². The van der Waals surface area contributed by atoms with E-state index in [4.69, 9.17) is 9.72 Å². The van der Waals surface area contributed by atoms with Gasteiger partial charge in [-0.3, -0.25) is 9.36 Å². The predicted octanol–water partition coefficient (Wildman–Crippen LogP) is 5.03. The lowest BCUT2D eigenvalue weighted by Crippen LogP contribution is -2.28. The summed E-state index contributed by atoms with van der Waals surface area (Å²) >= 11 is 3.20. The standard InChI is InChI=1S/C22H24N2O2S2/c1-4-10-24-21(25)19-16-11-17(14(2)3)26-12-18(16)28-20(19)23-22(24)27-13-15-8-6-5-7-9-15/h4-9,14,17H,1,10-13H2,2-3H3/t17-/m0/s1. The third kappa shape index (κ3) is 3.69. The number of rotatable bonds is 6. The van der Waals surface area contributed by atoms with Crippen LogP contribution in [0, 0.1) is 5.92 Å². The molecule has 0 bridgehead atoms. The Hall–Kier alpha value is -1.89. The largest absolute Gasteiger partial charge is 0.372 e.